The summed E-state index contributed by atoms with van der Waals surface area (Å²) in [5.41, 5.74) is 3.04. The summed E-state index contributed by atoms with van der Waals surface area (Å²) in [6, 6.07) is 8.68. The van der Waals surface area contributed by atoms with Gasteiger partial charge in [0.15, 0.2) is 14.9 Å². The fourth-order valence-corrected chi connectivity index (χ4v) is 5.12. The number of hydrogen-bond donors (Lipinski definition) is 1. The highest BCUT2D eigenvalue weighted by Gasteiger charge is 2.31. The van der Waals surface area contributed by atoms with Crippen molar-refractivity contribution in [2.24, 2.45) is 0 Å². The molecule has 0 radical (unpaired) electrons. The molecule has 2 atom stereocenters. The summed E-state index contributed by atoms with van der Waals surface area (Å²) < 4.78 is 39.2. The molecule has 0 spiro atoms. The number of pyridine rings is 1. The zero-order valence-electron chi connectivity index (χ0n) is 20.1. The number of amides is 2. The molecule has 2 aromatic heterocycles. The van der Waals surface area contributed by atoms with Crippen LogP contribution < -0.4 is 10.2 Å². The van der Waals surface area contributed by atoms with Gasteiger partial charge in [0.05, 0.1) is 29.3 Å². The number of carbonyl (C=O) groups is 1. The monoisotopic (exact) mass is 499 g/mol. The lowest BCUT2D eigenvalue weighted by Gasteiger charge is -2.30. The SMILES string of the molecule is CCCC(NC(=O)N1c2cnn(-c3ccc(F)cc3)c2CCCC1C)c1ccnc(S(C)(=O)=O)c1. The number of halogens is 1. The van der Waals surface area contributed by atoms with Crippen molar-refractivity contribution in [1.29, 1.82) is 0 Å². The highest BCUT2D eigenvalue weighted by atomic mass is 32.2. The molecule has 0 bridgehead atoms. The average molecular weight is 500 g/mol. The Morgan fingerprint density at radius 3 is 2.69 bits per heavy atom. The highest BCUT2D eigenvalue weighted by molar-refractivity contribution is 7.90. The summed E-state index contributed by atoms with van der Waals surface area (Å²) in [4.78, 5) is 19.3. The second-order valence-electron chi connectivity index (χ2n) is 8.97. The lowest BCUT2D eigenvalue weighted by molar-refractivity contribution is 0.239. The van der Waals surface area contributed by atoms with Gasteiger partial charge in [-0.3, -0.25) is 4.90 Å². The number of carbonyl (C=O) groups excluding carboxylic acids is 1. The molecule has 8 nitrogen and oxygen atoms in total. The zero-order chi connectivity index (χ0) is 25.2. The van der Waals surface area contributed by atoms with E-state index in [4.69, 9.17) is 0 Å². The summed E-state index contributed by atoms with van der Waals surface area (Å²) >= 11 is 0. The topological polar surface area (TPSA) is 97.2 Å². The van der Waals surface area contributed by atoms with Gasteiger partial charge in [-0.1, -0.05) is 13.3 Å². The zero-order valence-corrected chi connectivity index (χ0v) is 20.9. The standard InChI is InChI=1S/C25H30FN5O3S/c1-4-6-21(18-13-14-27-24(15-18)35(3,33)34)29-25(32)30-17(2)7-5-8-22-23(30)16-28-31(22)20-11-9-19(26)10-12-20/h9-17,21H,4-8H2,1-3H3,(H,29,32). The van der Waals surface area contributed by atoms with E-state index in [-0.39, 0.29) is 29.0 Å². The maximum Gasteiger partial charge on any atom is 0.322 e. The number of nitrogens with one attached hydrogen (secondary N) is 1. The molecule has 2 amide bonds. The van der Waals surface area contributed by atoms with Gasteiger partial charge in [0.2, 0.25) is 0 Å². The quantitative estimate of drug-likeness (QED) is 0.535. The van der Waals surface area contributed by atoms with Crippen molar-refractivity contribution in [3.05, 3.63) is 65.9 Å². The first-order valence-electron chi connectivity index (χ1n) is 11.8. The maximum atomic E-state index is 13.6. The van der Waals surface area contributed by atoms with Crippen LogP contribution >= 0.6 is 0 Å². The van der Waals surface area contributed by atoms with E-state index in [2.05, 4.69) is 15.4 Å². The first-order valence-corrected chi connectivity index (χ1v) is 13.7. The fourth-order valence-electron chi connectivity index (χ4n) is 4.52. The molecule has 1 aromatic carbocycles. The molecule has 0 saturated carbocycles. The summed E-state index contributed by atoms with van der Waals surface area (Å²) in [6.45, 7) is 4.02. The number of rotatable bonds is 6. The maximum absolute atomic E-state index is 13.6. The van der Waals surface area contributed by atoms with Crippen molar-refractivity contribution in [2.45, 2.75) is 63.1 Å². The van der Waals surface area contributed by atoms with Crippen molar-refractivity contribution < 1.29 is 17.6 Å². The van der Waals surface area contributed by atoms with Crippen molar-refractivity contribution >= 4 is 21.6 Å². The second-order valence-corrected chi connectivity index (χ2v) is 10.9. The van der Waals surface area contributed by atoms with E-state index in [1.807, 2.05) is 13.8 Å². The van der Waals surface area contributed by atoms with E-state index in [1.165, 1.54) is 24.4 Å². The third-order valence-corrected chi connectivity index (χ3v) is 7.27. The Morgan fingerprint density at radius 2 is 2.00 bits per heavy atom. The van der Waals surface area contributed by atoms with Gasteiger partial charge in [0.1, 0.15) is 5.82 Å². The molecule has 3 heterocycles. The predicted octanol–water partition coefficient (Wildman–Crippen LogP) is 4.59. The van der Waals surface area contributed by atoms with Crippen LogP contribution in [0.2, 0.25) is 0 Å². The smallest absolute Gasteiger partial charge is 0.322 e. The van der Waals surface area contributed by atoms with E-state index in [0.29, 0.717) is 12.0 Å². The van der Waals surface area contributed by atoms with Gasteiger partial charge in [-0.25, -0.2) is 27.3 Å². The predicted molar refractivity (Wildman–Crippen MR) is 132 cm³/mol. The molecule has 1 aliphatic heterocycles. The van der Waals surface area contributed by atoms with Gasteiger partial charge in [-0.15, -0.1) is 0 Å². The Morgan fingerprint density at radius 1 is 1.26 bits per heavy atom. The van der Waals surface area contributed by atoms with Crippen LogP contribution in [0, 0.1) is 5.82 Å². The van der Waals surface area contributed by atoms with E-state index in [0.717, 1.165) is 49.0 Å². The average Bonchev–Trinajstić information content (AvgIpc) is 3.14. The Balaban J connectivity index is 1.66. The van der Waals surface area contributed by atoms with E-state index < -0.39 is 9.84 Å². The van der Waals surface area contributed by atoms with Crippen LogP contribution in [0.15, 0.2) is 53.8 Å². The van der Waals surface area contributed by atoms with Crippen LogP contribution in [0.4, 0.5) is 14.9 Å². The lowest BCUT2D eigenvalue weighted by atomic mass is 10.0. The summed E-state index contributed by atoms with van der Waals surface area (Å²) in [7, 11) is -3.47. The van der Waals surface area contributed by atoms with Gasteiger partial charge in [0, 0.05) is 18.5 Å². The number of anilines is 1. The Labute approximate surface area is 205 Å². The molecular weight excluding hydrogens is 469 g/mol. The van der Waals surface area contributed by atoms with Crippen molar-refractivity contribution in [3.63, 3.8) is 0 Å². The minimum Gasteiger partial charge on any atom is -0.331 e. The molecule has 1 N–H and O–H groups in total. The summed E-state index contributed by atoms with van der Waals surface area (Å²) in [5.74, 6) is -0.321. The van der Waals surface area contributed by atoms with Crippen LogP contribution in [-0.4, -0.2) is 41.5 Å². The number of hydrogen-bond acceptors (Lipinski definition) is 5. The number of benzene rings is 1. The first kappa shape index (κ1) is 24.8. The van der Waals surface area contributed by atoms with Crippen LogP contribution in [0.1, 0.15) is 56.8 Å². The largest absolute Gasteiger partial charge is 0.331 e. The molecular formula is C25H30FN5O3S. The Kier molecular flexibility index (Phi) is 7.20. The molecule has 0 fully saturated rings. The molecule has 186 valence electrons. The minimum atomic E-state index is -3.47. The molecule has 2 unspecified atom stereocenters. The summed E-state index contributed by atoms with van der Waals surface area (Å²) in [5, 5.41) is 7.62. The third kappa shape index (κ3) is 5.37. The Hall–Kier alpha value is -3.27. The van der Waals surface area contributed by atoms with Crippen LogP contribution in [0.25, 0.3) is 5.69 Å². The van der Waals surface area contributed by atoms with Crippen molar-refractivity contribution in [3.8, 4) is 5.69 Å². The lowest BCUT2D eigenvalue weighted by Crippen LogP contribution is -2.46. The van der Waals surface area contributed by atoms with Crippen molar-refractivity contribution in [1.82, 2.24) is 20.1 Å². The summed E-state index contributed by atoms with van der Waals surface area (Å²) in [6.07, 6.45) is 8.13. The normalized spacial score (nSPS) is 16.9. The molecule has 1 aliphatic rings. The van der Waals surface area contributed by atoms with Gasteiger partial charge in [0.25, 0.3) is 0 Å². The van der Waals surface area contributed by atoms with Crippen LogP contribution in [0.5, 0.6) is 0 Å². The van der Waals surface area contributed by atoms with Crippen molar-refractivity contribution in [2.75, 3.05) is 11.2 Å². The highest BCUT2D eigenvalue weighted by Crippen LogP contribution is 2.32. The fraction of sp³-hybridized carbons (Fsp3) is 0.400. The number of fused-ring (bicyclic) bond motifs is 1. The van der Waals surface area contributed by atoms with Gasteiger partial charge in [-0.2, -0.15) is 5.10 Å². The number of sulfone groups is 1. The van der Waals surface area contributed by atoms with E-state index >= 15 is 0 Å². The van der Waals surface area contributed by atoms with E-state index in [1.54, 1.807) is 34.0 Å². The molecule has 10 heteroatoms. The molecule has 4 rings (SSSR count). The first-order chi connectivity index (χ1) is 16.7. The van der Waals surface area contributed by atoms with Gasteiger partial charge in [-0.05, 0) is 74.6 Å². The van der Waals surface area contributed by atoms with Crippen LogP contribution in [-0.2, 0) is 16.3 Å². The van der Waals surface area contributed by atoms with Gasteiger partial charge >= 0.3 is 6.03 Å². The molecule has 0 saturated heterocycles. The van der Waals surface area contributed by atoms with E-state index in [9.17, 15) is 17.6 Å². The van der Waals surface area contributed by atoms with Gasteiger partial charge < -0.3 is 5.32 Å². The third-order valence-electron chi connectivity index (χ3n) is 6.29. The Bertz CT molecular complexity index is 1310. The molecule has 35 heavy (non-hydrogen) atoms. The van der Waals surface area contributed by atoms with Crippen LogP contribution in [0.3, 0.4) is 0 Å². The number of nitrogens with zero attached hydrogens (tertiary/aromatic N) is 4. The second kappa shape index (κ2) is 10.2. The number of aromatic nitrogens is 3. The molecule has 0 aliphatic carbocycles. The minimum absolute atomic E-state index is 0.0173. The number of urea groups is 1. The molecule has 3 aromatic rings.